The van der Waals surface area contributed by atoms with Crippen LogP contribution in [0.15, 0.2) is 78.9 Å². The molecule has 0 heteroatoms. The third-order valence-electron chi connectivity index (χ3n) is 6.01. The molecule has 0 radical (unpaired) electrons. The van der Waals surface area contributed by atoms with E-state index in [9.17, 15) is 0 Å². The Morgan fingerprint density at radius 3 is 1.86 bits per heavy atom. The molecule has 2 atom stereocenters. The Bertz CT molecular complexity index is 847. The highest BCUT2D eigenvalue weighted by Gasteiger charge is 2.19. The Morgan fingerprint density at radius 2 is 1.18 bits per heavy atom. The minimum absolute atomic E-state index is 0.759. The lowest BCUT2D eigenvalue weighted by molar-refractivity contribution is 0.311. The second kappa shape index (κ2) is 10.3. The minimum atomic E-state index is 0.759. The Balaban J connectivity index is 2.00. The van der Waals surface area contributed by atoms with E-state index in [0.717, 1.165) is 11.8 Å². The number of rotatable bonds is 9. The predicted octanol–water partition coefficient (Wildman–Crippen LogP) is 8.42. The van der Waals surface area contributed by atoms with E-state index >= 15 is 0 Å². The zero-order valence-electron chi connectivity index (χ0n) is 17.7. The fraction of sp³-hybridized carbons (Fsp3) is 0.357. The first-order valence-electron chi connectivity index (χ1n) is 11.0. The van der Waals surface area contributed by atoms with E-state index in [4.69, 9.17) is 0 Å². The summed E-state index contributed by atoms with van der Waals surface area (Å²) in [6, 6.07) is 28.7. The van der Waals surface area contributed by atoms with Gasteiger partial charge in [0.25, 0.3) is 0 Å². The van der Waals surface area contributed by atoms with Crippen molar-refractivity contribution < 1.29 is 0 Å². The highest BCUT2D eigenvalue weighted by molar-refractivity contribution is 5.84. The van der Waals surface area contributed by atoms with Crippen LogP contribution in [0.2, 0.25) is 0 Å². The van der Waals surface area contributed by atoms with E-state index in [2.05, 4.69) is 99.6 Å². The molecule has 0 amide bonds. The summed E-state index contributed by atoms with van der Waals surface area (Å²) in [7, 11) is 0. The van der Waals surface area contributed by atoms with Crippen molar-refractivity contribution in [1.29, 1.82) is 0 Å². The van der Waals surface area contributed by atoms with Crippen molar-refractivity contribution in [3.8, 4) is 22.3 Å². The summed E-state index contributed by atoms with van der Waals surface area (Å²) in [4.78, 5) is 0. The molecule has 0 aliphatic heterocycles. The summed E-state index contributed by atoms with van der Waals surface area (Å²) in [5.74, 6) is 1.54. The lowest BCUT2D eigenvalue weighted by atomic mass is 9.80. The van der Waals surface area contributed by atoms with Crippen LogP contribution in [0.3, 0.4) is 0 Å². The average Bonchev–Trinajstić information content (AvgIpc) is 2.74. The van der Waals surface area contributed by atoms with Gasteiger partial charge in [0.05, 0.1) is 0 Å². The maximum atomic E-state index is 2.45. The summed E-state index contributed by atoms with van der Waals surface area (Å²) in [6.45, 7) is 7.08. The van der Waals surface area contributed by atoms with E-state index in [1.165, 1.54) is 59.9 Å². The van der Waals surface area contributed by atoms with Crippen LogP contribution in [0.1, 0.15) is 52.0 Å². The molecular weight excluding hydrogens is 336 g/mol. The summed E-state index contributed by atoms with van der Waals surface area (Å²) in [6.07, 6.45) is 6.36. The van der Waals surface area contributed by atoms with Gasteiger partial charge in [-0.1, -0.05) is 125 Å². The van der Waals surface area contributed by atoms with Crippen molar-refractivity contribution >= 4 is 0 Å². The molecule has 2 unspecified atom stereocenters. The molecule has 3 aromatic rings. The SMILES string of the molecule is CCCC(C)C(CCC)Cc1ccccc1-c1ccccc1-c1ccccc1. The van der Waals surface area contributed by atoms with Gasteiger partial charge in [0, 0.05) is 0 Å². The first-order valence-corrected chi connectivity index (χ1v) is 11.0. The standard InChI is InChI=1S/C28H34/c1-4-13-22(3)24(14-5-2)21-25-17-9-10-19-27(25)28-20-12-11-18-26(28)23-15-7-6-8-16-23/h6-12,15-20,22,24H,4-5,13-14,21H2,1-3H3. The second-order valence-corrected chi connectivity index (χ2v) is 8.09. The summed E-state index contributed by atoms with van der Waals surface area (Å²) < 4.78 is 0. The van der Waals surface area contributed by atoms with Crippen LogP contribution in [0.5, 0.6) is 0 Å². The van der Waals surface area contributed by atoms with Gasteiger partial charge >= 0.3 is 0 Å². The lowest BCUT2D eigenvalue weighted by Gasteiger charge is -2.25. The van der Waals surface area contributed by atoms with Gasteiger partial charge in [-0.05, 0) is 46.1 Å². The minimum Gasteiger partial charge on any atom is -0.0654 e. The zero-order chi connectivity index (χ0) is 19.8. The normalized spacial score (nSPS) is 13.2. The molecule has 3 rings (SSSR count). The van der Waals surface area contributed by atoms with E-state index in [1.807, 2.05) is 0 Å². The van der Waals surface area contributed by atoms with Crippen LogP contribution < -0.4 is 0 Å². The summed E-state index contributed by atoms with van der Waals surface area (Å²) >= 11 is 0. The Morgan fingerprint density at radius 1 is 0.607 bits per heavy atom. The van der Waals surface area contributed by atoms with Crippen molar-refractivity contribution in [2.24, 2.45) is 11.8 Å². The molecule has 146 valence electrons. The van der Waals surface area contributed by atoms with E-state index in [-0.39, 0.29) is 0 Å². The fourth-order valence-corrected chi connectivity index (χ4v) is 4.48. The van der Waals surface area contributed by atoms with Crippen LogP contribution >= 0.6 is 0 Å². The molecule has 0 aliphatic rings. The second-order valence-electron chi connectivity index (χ2n) is 8.09. The molecule has 3 aromatic carbocycles. The number of hydrogen-bond acceptors (Lipinski definition) is 0. The van der Waals surface area contributed by atoms with Crippen LogP contribution in [0.25, 0.3) is 22.3 Å². The van der Waals surface area contributed by atoms with E-state index in [1.54, 1.807) is 0 Å². The van der Waals surface area contributed by atoms with E-state index < -0.39 is 0 Å². The van der Waals surface area contributed by atoms with Crippen LogP contribution in [0.4, 0.5) is 0 Å². The molecule has 28 heavy (non-hydrogen) atoms. The molecule has 0 bridgehead atoms. The molecule has 0 aromatic heterocycles. The van der Waals surface area contributed by atoms with Crippen molar-refractivity contribution in [2.45, 2.75) is 52.9 Å². The van der Waals surface area contributed by atoms with Gasteiger partial charge in [-0.25, -0.2) is 0 Å². The van der Waals surface area contributed by atoms with Crippen LogP contribution in [-0.2, 0) is 6.42 Å². The van der Waals surface area contributed by atoms with Crippen molar-refractivity contribution in [3.05, 3.63) is 84.4 Å². The summed E-state index contributed by atoms with van der Waals surface area (Å²) in [5.41, 5.74) is 6.85. The van der Waals surface area contributed by atoms with Gasteiger partial charge in [-0.2, -0.15) is 0 Å². The summed E-state index contributed by atoms with van der Waals surface area (Å²) in [5, 5.41) is 0. The van der Waals surface area contributed by atoms with Gasteiger partial charge in [-0.15, -0.1) is 0 Å². The van der Waals surface area contributed by atoms with Gasteiger partial charge in [0.1, 0.15) is 0 Å². The predicted molar refractivity (Wildman–Crippen MR) is 123 cm³/mol. The lowest BCUT2D eigenvalue weighted by Crippen LogP contribution is -2.15. The van der Waals surface area contributed by atoms with Gasteiger partial charge < -0.3 is 0 Å². The maximum absolute atomic E-state index is 2.45. The van der Waals surface area contributed by atoms with Crippen molar-refractivity contribution in [2.75, 3.05) is 0 Å². The Labute approximate surface area is 171 Å². The maximum Gasteiger partial charge on any atom is -0.0103 e. The molecule has 0 saturated heterocycles. The number of hydrogen-bond donors (Lipinski definition) is 0. The highest BCUT2D eigenvalue weighted by atomic mass is 14.2. The molecule has 0 saturated carbocycles. The molecule has 0 fully saturated rings. The Kier molecular flexibility index (Phi) is 7.48. The molecule has 0 aliphatic carbocycles. The quantitative estimate of drug-likeness (QED) is 0.354. The topological polar surface area (TPSA) is 0 Å². The van der Waals surface area contributed by atoms with Gasteiger partial charge in [-0.3, -0.25) is 0 Å². The third-order valence-corrected chi connectivity index (χ3v) is 6.01. The molecule has 0 nitrogen and oxygen atoms in total. The number of benzene rings is 3. The van der Waals surface area contributed by atoms with Crippen molar-refractivity contribution in [3.63, 3.8) is 0 Å². The molecule has 0 N–H and O–H groups in total. The Hall–Kier alpha value is -2.34. The van der Waals surface area contributed by atoms with Gasteiger partial charge in [0.2, 0.25) is 0 Å². The first kappa shape index (κ1) is 20.4. The van der Waals surface area contributed by atoms with E-state index in [0.29, 0.717) is 0 Å². The average molecular weight is 371 g/mol. The zero-order valence-corrected chi connectivity index (χ0v) is 17.7. The largest absolute Gasteiger partial charge is 0.0654 e. The molecule has 0 heterocycles. The highest BCUT2D eigenvalue weighted by Crippen LogP contribution is 2.36. The van der Waals surface area contributed by atoms with Crippen LogP contribution in [0, 0.1) is 11.8 Å². The monoisotopic (exact) mass is 370 g/mol. The van der Waals surface area contributed by atoms with Crippen LogP contribution in [-0.4, -0.2) is 0 Å². The fourth-order valence-electron chi connectivity index (χ4n) is 4.48. The molecule has 0 spiro atoms. The molecular formula is C28H34. The van der Waals surface area contributed by atoms with Gasteiger partial charge in [0.15, 0.2) is 0 Å². The van der Waals surface area contributed by atoms with Crippen molar-refractivity contribution in [1.82, 2.24) is 0 Å². The third kappa shape index (κ3) is 4.93. The smallest absolute Gasteiger partial charge is 0.0103 e. The first-order chi connectivity index (χ1) is 13.7.